The Morgan fingerprint density at radius 1 is 1.59 bits per heavy atom. The predicted octanol–water partition coefficient (Wildman–Crippen LogP) is 2.39. The van der Waals surface area contributed by atoms with E-state index in [1.807, 2.05) is 0 Å². The van der Waals surface area contributed by atoms with Gasteiger partial charge in [-0.1, -0.05) is 16.8 Å². The molecule has 2 rings (SSSR count). The van der Waals surface area contributed by atoms with Gasteiger partial charge in [-0.15, -0.1) is 0 Å². The highest BCUT2D eigenvalue weighted by molar-refractivity contribution is 6.31. The molecule has 0 aliphatic carbocycles. The number of carboxylic acids is 1. The lowest BCUT2D eigenvalue weighted by Gasteiger charge is -2.20. The van der Waals surface area contributed by atoms with Gasteiger partial charge in [0, 0.05) is 12.1 Å². The molecule has 0 aliphatic heterocycles. The number of halogens is 1. The number of carboxylic acid groups (broad SMARTS) is 1. The number of hydrogen-bond acceptors (Lipinski definition) is 4. The third-order valence-corrected chi connectivity index (χ3v) is 2.92. The highest BCUT2D eigenvalue weighted by Gasteiger charge is 2.22. The summed E-state index contributed by atoms with van der Waals surface area (Å²) in [6, 6.07) is 4.41. The summed E-state index contributed by atoms with van der Waals surface area (Å²) in [4.78, 5) is 12.4. The Labute approximate surface area is 103 Å². The SMILES string of the molecule is CC(C(=O)O)N(C)c1noc2ccc(Cl)cc12. The van der Waals surface area contributed by atoms with E-state index < -0.39 is 12.0 Å². The van der Waals surface area contributed by atoms with Crippen LogP contribution in [0.4, 0.5) is 5.82 Å². The zero-order valence-corrected chi connectivity index (χ0v) is 10.1. The number of aliphatic carboxylic acids is 1. The van der Waals surface area contributed by atoms with Crippen LogP contribution in [-0.4, -0.2) is 29.3 Å². The molecule has 0 spiro atoms. The van der Waals surface area contributed by atoms with E-state index in [4.69, 9.17) is 21.2 Å². The molecule has 1 heterocycles. The van der Waals surface area contributed by atoms with Crippen LogP contribution in [0.25, 0.3) is 11.0 Å². The summed E-state index contributed by atoms with van der Waals surface area (Å²) < 4.78 is 5.11. The number of hydrogen-bond donors (Lipinski definition) is 1. The molecule has 90 valence electrons. The molecule has 6 heteroatoms. The van der Waals surface area contributed by atoms with Crippen molar-refractivity contribution < 1.29 is 14.4 Å². The van der Waals surface area contributed by atoms with E-state index in [0.717, 1.165) is 0 Å². The van der Waals surface area contributed by atoms with Gasteiger partial charge >= 0.3 is 5.97 Å². The summed E-state index contributed by atoms with van der Waals surface area (Å²) in [5.41, 5.74) is 0.578. The minimum absolute atomic E-state index is 0.470. The lowest BCUT2D eigenvalue weighted by atomic mass is 10.2. The molecule has 17 heavy (non-hydrogen) atoms. The second-order valence-corrected chi connectivity index (χ2v) is 4.21. The van der Waals surface area contributed by atoms with Gasteiger partial charge in [0.1, 0.15) is 6.04 Å². The number of aromatic nitrogens is 1. The molecular weight excluding hydrogens is 244 g/mol. The fourth-order valence-electron chi connectivity index (χ4n) is 1.50. The summed E-state index contributed by atoms with van der Waals surface area (Å²) in [7, 11) is 1.65. The van der Waals surface area contributed by atoms with Crippen LogP contribution in [0.15, 0.2) is 22.7 Å². The van der Waals surface area contributed by atoms with Crippen molar-refractivity contribution in [2.24, 2.45) is 0 Å². The molecule has 0 fully saturated rings. The van der Waals surface area contributed by atoms with Gasteiger partial charge in [-0.3, -0.25) is 0 Å². The standard InChI is InChI=1S/C11H11ClN2O3/c1-6(11(15)16)14(2)10-8-5-7(12)3-4-9(8)17-13-10/h3-6H,1-2H3,(H,15,16). The van der Waals surface area contributed by atoms with Crippen molar-refractivity contribution in [1.82, 2.24) is 5.16 Å². The third kappa shape index (κ3) is 2.06. The number of rotatable bonds is 3. The van der Waals surface area contributed by atoms with Crippen molar-refractivity contribution in [1.29, 1.82) is 0 Å². The smallest absolute Gasteiger partial charge is 0.326 e. The molecule has 1 unspecified atom stereocenters. The fraction of sp³-hybridized carbons (Fsp3) is 0.273. The van der Waals surface area contributed by atoms with E-state index in [2.05, 4.69) is 5.16 Å². The van der Waals surface area contributed by atoms with E-state index in [1.54, 1.807) is 32.2 Å². The maximum Gasteiger partial charge on any atom is 0.326 e. The average molecular weight is 255 g/mol. The zero-order chi connectivity index (χ0) is 12.6. The van der Waals surface area contributed by atoms with Gasteiger partial charge in [0.2, 0.25) is 0 Å². The van der Waals surface area contributed by atoms with E-state index in [0.29, 0.717) is 21.8 Å². The molecule has 2 aromatic rings. The first-order valence-electron chi connectivity index (χ1n) is 5.01. The average Bonchev–Trinajstić information content (AvgIpc) is 2.69. The van der Waals surface area contributed by atoms with Gasteiger partial charge in [0.15, 0.2) is 11.4 Å². The van der Waals surface area contributed by atoms with Gasteiger partial charge in [-0.25, -0.2) is 4.79 Å². The fourth-order valence-corrected chi connectivity index (χ4v) is 1.67. The summed E-state index contributed by atoms with van der Waals surface area (Å²) in [6.07, 6.45) is 0. The van der Waals surface area contributed by atoms with Crippen molar-refractivity contribution in [3.05, 3.63) is 23.2 Å². The zero-order valence-electron chi connectivity index (χ0n) is 9.35. The van der Waals surface area contributed by atoms with Gasteiger partial charge in [-0.2, -0.15) is 0 Å². The molecule has 0 saturated carbocycles. The van der Waals surface area contributed by atoms with E-state index in [-0.39, 0.29) is 0 Å². The van der Waals surface area contributed by atoms with Crippen LogP contribution in [0.5, 0.6) is 0 Å². The molecule has 1 aromatic heterocycles. The molecule has 1 N–H and O–H groups in total. The first-order valence-corrected chi connectivity index (χ1v) is 5.39. The van der Waals surface area contributed by atoms with Crippen molar-refractivity contribution in [2.45, 2.75) is 13.0 Å². The van der Waals surface area contributed by atoms with Crippen LogP contribution >= 0.6 is 11.6 Å². The minimum Gasteiger partial charge on any atom is -0.480 e. The van der Waals surface area contributed by atoms with Gasteiger partial charge in [0.05, 0.1) is 5.39 Å². The Morgan fingerprint density at radius 2 is 2.29 bits per heavy atom. The van der Waals surface area contributed by atoms with Crippen LogP contribution in [0, 0.1) is 0 Å². The Kier molecular flexibility index (Phi) is 2.93. The second-order valence-electron chi connectivity index (χ2n) is 3.77. The number of anilines is 1. The number of benzene rings is 1. The van der Waals surface area contributed by atoms with Gasteiger partial charge < -0.3 is 14.5 Å². The van der Waals surface area contributed by atoms with Crippen molar-refractivity contribution in [2.75, 3.05) is 11.9 Å². The Morgan fingerprint density at radius 3 is 2.94 bits per heavy atom. The van der Waals surface area contributed by atoms with Crippen LogP contribution in [0.2, 0.25) is 5.02 Å². The lowest BCUT2D eigenvalue weighted by Crippen LogP contribution is -2.36. The summed E-state index contributed by atoms with van der Waals surface area (Å²) in [5, 5.41) is 14.1. The van der Waals surface area contributed by atoms with Crippen LogP contribution in [0.3, 0.4) is 0 Å². The van der Waals surface area contributed by atoms with Crippen LogP contribution in [-0.2, 0) is 4.79 Å². The van der Waals surface area contributed by atoms with Crippen molar-refractivity contribution in [3.63, 3.8) is 0 Å². The lowest BCUT2D eigenvalue weighted by molar-refractivity contribution is -0.138. The molecule has 0 amide bonds. The highest BCUT2D eigenvalue weighted by Crippen LogP contribution is 2.28. The normalized spacial score (nSPS) is 12.6. The van der Waals surface area contributed by atoms with Crippen LogP contribution < -0.4 is 4.90 Å². The van der Waals surface area contributed by atoms with Crippen LogP contribution in [0.1, 0.15) is 6.92 Å². The molecular formula is C11H11ClN2O3. The Bertz CT molecular complexity index is 567. The maximum absolute atomic E-state index is 10.9. The number of nitrogens with zero attached hydrogens (tertiary/aromatic N) is 2. The first kappa shape index (κ1) is 11.7. The maximum atomic E-state index is 10.9. The molecule has 1 aromatic carbocycles. The summed E-state index contributed by atoms with van der Waals surface area (Å²) in [5.74, 6) is -0.455. The number of fused-ring (bicyclic) bond motifs is 1. The van der Waals surface area contributed by atoms with E-state index in [1.165, 1.54) is 4.90 Å². The summed E-state index contributed by atoms with van der Waals surface area (Å²) >= 11 is 5.89. The molecule has 0 aliphatic rings. The second kappa shape index (κ2) is 4.25. The predicted molar refractivity (Wildman–Crippen MR) is 64.5 cm³/mol. The minimum atomic E-state index is -0.925. The Hall–Kier alpha value is -1.75. The molecule has 0 saturated heterocycles. The Balaban J connectivity index is 2.48. The van der Waals surface area contributed by atoms with Crippen molar-refractivity contribution in [3.8, 4) is 0 Å². The highest BCUT2D eigenvalue weighted by atomic mass is 35.5. The molecule has 1 atom stereocenters. The van der Waals surface area contributed by atoms with E-state index >= 15 is 0 Å². The third-order valence-electron chi connectivity index (χ3n) is 2.69. The summed E-state index contributed by atoms with van der Waals surface area (Å²) in [6.45, 7) is 1.58. The number of carbonyl (C=O) groups is 1. The monoisotopic (exact) mass is 254 g/mol. The van der Waals surface area contributed by atoms with E-state index in [9.17, 15) is 4.79 Å². The largest absolute Gasteiger partial charge is 0.480 e. The van der Waals surface area contributed by atoms with Gasteiger partial charge in [-0.05, 0) is 25.1 Å². The molecule has 0 radical (unpaired) electrons. The first-order chi connectivity index (χ1) is 8.00. The number of likely N-dealkylation sites (N-methyl/N-ethyl adjacent to an activating group) is 1. The topological polar surface area (TPSA) is 66.6 Å². The van der Waals surface area contributed by atoms with Gasteiger partial charge in [0.25, 0.3) is 0 Å². The quantitative estimate of drug-likeness (QED) is 0.911. The molecule has 5 nitrogen and oxygen atoms in total. The molecule has 0 bridgehead atoms. The van der Waals surface area contributed by atoms with Crippen molar-refractivity contribution >= 4 is 34.4 Å².